The highest BCUT2D eigenvalue weighted by Gasteiger charge is 2.43. The van der Waals surface area contributed by atoms with Crippen molar-refractivity contribution >= 4 is 23.3 Å². The summed E-state index contributed by atoms with van der Waals surface area (Å²) in [5.74, 6) is -0.0282. The molecule has 5 nitrogen and oxygen atoms in total. The molecule has 2 aromatic heterocycles. The van der Waals surface area contributed by atoms with Crippen molar-refractivity contribution in [3.05, 3.63) is 41.4 Å². The number of pyridine rings is 1. The minimum atomic E-state index is -3.63. The van der Waals surface area contributed by atoms with E-state index in [-0.39, 0.29) is 11.5 Å². The number of H-pyrrole nitrogens is 1. The lowest BCUT2D eigenvalue weighted by Gasteiger charge is -2.05. The van der Waals surface area contributed by atoms with Gasteiger partial charge in [-0.25, -0.2) is 0 Å². The van der Waals surface area contributed by atoms with Crippen molar-refractivity contribution in [1.29, 1.82) is 0 Å². The topological polar surface area (TPSA) is 52.1 Å². The number of nitrogens with zero attached hydrogens (tertiary/aromatic N) is 2. The third-order valence-corrected chi connectivity index (χ3v) is 3.41. The Hall–Kier alpha value is -2.48. The summed E-state index contributed by atoms with van der Waals surface area (Å²) in [5.41, 5.74) is 2.14. The predicted molar refractivity (Wildman–Crippen MR) is 72.5 cm³/mol. The second kappa shape index (κ2) is 4.01. The van der Waals surface area contributed by atoms with E-state index in [9.17, 15) is 8.78 Å². The highest BCUT2D eigenvalue weighted by Crippen LogP contribution is 2.42. The minimum Gasteiger partial charge on any atom is -0.395 e. The molecule has 1 aliphatic rings. The number of hydrogen-bond acceptors (Lipinski definition) is 4. The van der Waals surface area contributed by atoms with E-state index >= 15 is 0 Å². The maximum Gasteiger partial charge on any atom is 0.586 e. The van der Waals surface area contributed by atoms with Crippen LogP contribution in [0.4, 0.5) is 8.78 Å². The van der Waals surface area contributed by atoms with Crippen LogP contribution in [0.3, 0.4) is 0 Å². The molecule has 1 aromatic carbocycles. The number of halogens is 2. The number of hydrogen-bond donors (Lipinski definition) is 1. The van der Waals surface area contributed by atoms with Gasteiger partial charge in [0, 0.05) is 12.3 Å². The second-order valence-corrected chi connectivity index (χ2v) is 4.84. The van der Waals surface area contributed by atoms with E-state index in [1.807, 2.05) is 0 Å². The molecule has 0 atom stereocenters. The number of fused-ring (bicyclic) bond motifs is 2. The van der Waals surface area contributed by atoms with Gasteiger partial charge in [-0.3, -0.25) is 9.55 Å². The van der Waals surface area contributed by atoms with Crippen LogP contribution < -0.4 is 9.47 Å². The lowest BCUT2D eigenvalue weighted by molar-refractivity contribution is -0.286. The molecule has 21 heavy (non-hydrogen) atoms. The molecule has 106 valence electrons. The number of alkyl halides is 2. The molecule has 3 aromatic rings. The van der Waals surface area contributed by atoms with Gasteiger partial charge in [-0.1, -0.05) is 0 Å². The van der Waals surface area contributed by atoms with Crippen LogP contribution in [-0.2, 0) is 0 Å². The molecular weight excluding hydrogens is 300 g/mol. The van der Waals surface area contributed by atoms with Crippen LogP contribution in [0.5, 0.6) is 11.5 Å². The van der Waals surface area contributed by atoms with E-state index in [1.54, 1.807) is 29.1 Å². The first-order valence-corrected chi connectivity index (χ1v) is 6.39. The van der Waals surface area contributed by atoms with Crippen LogP contribution in [0.2, 0.25) is 0 Å². The number of aromatic amines is 1. The Morgan fingerprint density at radius 3 is 2.86 bits per heavy atom. The normalized spacial score (nSPS) is 15.5. The van der Waals surface area contributed by atoms with Gasteiger partial charge in [0.05, 0.1) is 22.9 Å². The summed E-state index contributed by atoms with van der Waals surface area (Å²) in [4.78, 5) is 7.01. The summed E-state index contributed by atoms with van der Waals surface area (Å²) in [6, 6.07) is 6.29. The summed E-state index contributed by atoms with van der Waals surface area (Å²) < 4.78 is 37.1. The Bertz CT molecular complexity index is 919. The standard InChI is InChI=1S/C13H7F2N3O2S/c14-13(15)19-10-2-1-7(5-11(10)20-13)18-9-3-4-16-6-8(9)17-12(18)21/h1-6H,(H,17,21). The van der Waals surface area contributed by atoms with Gasteiger partial charge in [0.1, 0.15) is 0 Å². The number of rotatable bonds is 1. The molecule has 1 N–H and O–H groups in total. The zero-order valence-electron chi connectivity index (χ0n) is 10.3. The third kappa shape index (κ3) is 1.87. The van der Waals surface area contributed by atoms with Gasteiger partial charge in [-0.15, -0.1) is 8.78 Å². The molecule has 0 saturated carbocycles. The quantitative estimate of drug-likeness (QED) is 0.700. The largest absolute Gasteiger partial charge is 0.586 e. The van der Waals surface area contributed by atoms with E-state index in [2.05, 4.69) is 19.4 Å². The van der Waals surface area contributed by atoms with Gasteiger partial charge < -0.3 is 14.5 Å². The Labute approximate surface area is 121 Å². The number of ether oxygens (including phenoxy) is 2. The average Bonchev–Trinajstić information content (AvgIpc) is 2.91. The zero-order valence-corrected chi connectivity index (χ0v) is 11.2. The Morgan fingerprint density at radius 2 is 2.00 bits per heavy atom. The van der Waals surface area contributed by atoms with Crippen molar-refractivity contribution in [2.45, 2.75) is 6.29 Å². The van der Waals surface area contributed by atoms with Crippen LogP contribution in [-0.4, -0.2) is 20.8 Å². The summed E-state index contributed by atoms with van der Waals surface area (Å²) in [6.45, 7) is 0. The van der Waals surface area contributed by atoms with Gasteiger partial charge in [-0.2, -0.15) is 0 Å². The molecule has 0 amide bonds. The van der Waals surface area contributed by atoms with Crippen molar-refractivity contribution in [1.82, 2.24) is 14.5 Å². The van der Waals surface area contributed by atoms with Crippen molar-refractivity contribution in [2.75, 3.05) is 0 Å². The highest BCUT2D eigenvalue weighted by molar-refractivity contribution is 7.71. The van der Waals surface area contributed by atoms with E-state index < -0.39 is 6.29 Å². The van der Waals surface area contributed by atoms with Crippen LogP contribution in [0, 0.1) is 4.77 Å². The summed E-state index contributed by atoms with van der Waals surface area (Å²) in [6.07, 6.45) is -0.363. The van der Waals surface area contributed by atoms with Crippen LogP contribution in [0.15, 0.2) is 36.7 Å². The molecule has 4 rings (SSSR count). The van der Waals surface area contributed by atoms with E-state index in [0.717, 1.165) is 11.0 Å². The zero-order chi connectivity index (χ0) is 14.6. The van der Waals surface area contributed by atoms with E-state index in [0.29, 0.717) is 10.5 Å². The molecule has 0 bridgehead atoms. The maximum absolute atomic E-state index is 13.1. The number of nitrogens with one attached hydrogen (secondary N) is 1. The Kier molecular flexibility index (Phi) is 2.35. The molecular formula is C13H7F2N3O2S. The van der Waals surface area contributed by atoms with Crippen molar-refractivity contribution in [3.63, 3.8) is 0 Å². The molecule has 0 radical (unpaired) electrons. The lowest BCUT2D eigenvalue weighted by atomic mass is 10.2. The molecule has 0 aliphatic carbocycles. The fraction of sp³-hybridized carbons (Fsp3) is 0.0769. The summed E-state index contributed by atoms with van der Waals surface area (Å²) in [7, 11) is 0. The van der Waals surface area contributed by atoms with Crippen molar-refractivity contribution in [3.8, 4) is 17.2 Å². The first-order chi connectivity index (χ1) is 10.0. The number of imidazole rings is 1. The second-order valence-electron chi connectivity index (χ2n) is 4.46. The summed E-state index contributed by atoms with van der Waals surface area (Å²) in [5, 5.41) is 0. The van der Waals surface area contributed by atoms with Crippen LogP contribution in [0.25, 0.3) is 16.7 Å². The average molecular weight is 307 g/mol. The Balaban J connectivity index is 1.92. The van der Waals surface area contributed by atoms with Gasteiger partial charge in [0.15, 0.2) is 16.3 Å². The Morgan fingerprint density at radius 1 is 1.19 bits per heavy atom. The SMILES string of the molecule is FC1(F)Oc2ccc(-n3c(=S)[nH]c4cnccc43)cc2O1. The first kappa shape index (κ1) is 12.3. The van der Waals surface area contributed by atoms with E-state index in [4.69, 9.17) is 12.2 Å². The monoisotopic (exact) mass is 307 g/mol. The highest BCUT2D eigenvalue weighted by atomic mass is 32.1. The molecule has 8 heteroatoms. The molecule has 3 heterocycles. The van der Waals surface area contributed by atoms with Gasteiger partial charge in [-0.05, 0) is 30.4 Å². The molecule has 0 spiro atoms. The molecule has 0 unspecified atom stereocenters. The first-order valence-electron chi connectivity index (χ1n) is 5.98. The van der Waals surface area contributed by atoms with Crippen LogP contribution >= 0.6 is 12.2 Å². The fourth-order valence-electron chi connectivity index (χ4n) is 2.29. The summed E-state index contributed by atoms with van der Waals surface area (Å²) >= 11 is 5.27. The smallest absolute Gasteiger partial charge is 0.395 e. The lowest BCUT2D eigenvalue weighted by Crippen LogP contribution is -2.25. The minimum absolute atomic E-state index is 0.00298. The maximum atomic E-state index is 13.1. The number of aromatic nitrogens is 3. The van der Waals surface area contributed by atoms with Gasteiger partial charge >= 0.3 is 6.29 Å². The van der Waals surface area contributed by atoms with Crippen molar-refractivity contribution in [2.24, 2.45) is 0 Å². The fourth-order valence-corrected chi connectivity index (χ4v) is 2.61. The van der Waals surface area contributed by atoms with E-state index in [1.165, 1.54) is 12.1 Å². The third-order valence-electron chi connectivity index (χ3n) is 3.13. The molecule has 0 saturated heterocycles. The number of benzene rings is 1. The predicted octanol–water partition coefficient (Wildman–Crippen LogP) is 3.40. The van der Waals surface area contributed by atoms with Crippen molar-refractivity contribution < 1.29 is 18.3 Å². The van der Waals surface area contributed by atoms with Gasteiger partial charge in [0.25, 0.3) is 0 Å². The molecule has 1 aliphatic heterocycles. The van der Waals surface area contributed by atoms with Crippen LogP contribution in [0.1, 0.15) is 0 Å². The van der Waals surface area contributed by atoms with Gasteiger partial charge in [0.2, 0.25) is 0 Å². The molecule has 0 fully saturated rings.